The van der Waals surface area contributed by atoms with Crippen molar-refractivity contribution < 1.29 is 0 Å². The van der Waals surface area contributed by atoms with Crippen LogP contribution in [0.15, 0.2) is 194 Å². The zero-order valence-corrected chi connectivity index (χ0v) is 32.9. The van der Waals surface area contributed by atoms with Crippen LogP contribution >= 0.6 is 22.7 Å². The maximum absolute atomic E-state index is 2.43. The highest BCUT2D eigenvalue weighted by molar-refractivity contribution is 7.27. The van der Waals surface area contributed by atoms with Gasteiger partial charge in [-0.15, -0.1) is 22.7 Å². The standard InChI is InChI=1S/C56H32S2/c1-2-12-36-31-53-50(29-35(36)11-1)47-26-22-34-20-21-37(28-48(34)56(47)58-53)38-24-27-51-49(30-38)41-25-23-39(32-52(41)57-51)54-43-15-5-7-17-45(43)55(46-18-8-6-16-44(46)54)42-19-9-13-33-10-3-4-14-40(33)42/h1-32H. The maximum Gasteiger partial charge on any atom is 0.0434 e. The molecule has 2 heteroatoms. The van der Waals surface area contributed by atoms with Crippen molar-refractivity contribution in [3.63, 3.8) is 0 Å². The van der Waals surface area contributed by atoms with Gasteiger partial charge in [0.1, 0.15) is 0 Å². The number of rotatable bonds is 3. The molecule has 0 bridgehead atoms. The average Bonchev–Trinajstić information content (AvgIpc) is 3.84. The van der Waals surface area contributed by atoms with Gasteiger partial charge in [-0.1, -0.05) is 158 Å². The molecule has 268 valence electrons. The Morgan fingerprint density at radius 1 is 0.241 bits per heavy atom. The average molecular weight is 769 g/mol. The van der Waals surface area contributed by atoms with E-state index in [0.29, 0.717) is 0 Å². The molecule has 0 unspecified atom stereocenters. The van der Waals surface area contributed by atoms with Crippen molar-refractivity contribution >= 4 is 117 Å². The lowest BCUT2D eigenvalue weighted by Crippen LogP contribution is -1.91. The summed E-state index contributed by atoms with van der Waals surface area (Å²) < 4.78 is 5.34. The highest BCUT2D eigenvalue weighted by Gasteiger charge is 2.19. The molecule has 0 aliphatic carbocycles. The van der Waals surface area contributed by atoms with Gasteiger partial charge in [-0.3, -0.25) is 0 Å². The second-order valence-corrected chi connectivity index (χ2v) is 17.7. The third-order valence-corrected chi connectivity index (χ3v) is 14.7. The molecule has 2 aromatic heterocycles. The van der Waals surface area contributed by atoms with Crippen LogP contribution < -0.4 is 0 Å². The van der Waals surface area contributed by atoms with Crippen LogP contribution in [0.5, 0.6) is 0 Å². The Balaban J connectivity index is 0.962. The van der Waals surface area contributed by atoms with Crippen LogP contribution in [0.1, 0.15) is 0 Å². The smallest absolute Gasteiger partial charge is 0.0434 e. The molecule has 0 N–H and O–H groups in total. The lowest BCUT2D eigenvalue weighted by atomic mass is 9.84. The van der Waals surface area contributed by atoms with Gasteiger partial charge in [0, 0.05) is 45.7 Å². The number of fused-ring (bicyclic) bond motifs is 12. The molecule has 0 aliphatic heterocycles. The molecule has 0 saturated heterocycles. The maximum atomic E-state index is 2.43. The molecule has 13 rings (SSSR count). The quantitative estimate of drug-likeness (QED) is 0.157. The van der Waals surface area contributed by atoms with Gasteiger partial charge in [-0.05, 0) is 118 Å². The zero-order chi connectivity index (χ0) is 37.9. The molecule has 0 aliphatic rings. The molecule has 58 heavy (non-hydrogen) atoms. The van der Waals surface area contributed by atoms with Gasteiger partial charge in [-0.25, -0.2) is 0 Å². The topological polar surface area (TPSA) is 0 Å². The van der Waals surface area contributed by atoms with Gasteiger partial charge < -0.3 is 0 Å². The van der Waals surface area contributed by atoms with Gasteiger partial charge in [0.2, 0.25) is 0 Å². The summed E-state index contributed by atoms with van der Waals surface area (Å²) in [4.78, 5) is 0. The first-order chi connectivity index (χ1) is 28.7. The van der Waals surface area contributed by atoms with Crippen molar-refractivity contribution in [2.45, 2.75) is 0 Å². The predicted molar refractivity (Wildman–Crippen MR) is 256 cm³/mol. The number of hydrogen-bond acceptors (Lipinski definition) is 2. The van der Waals surface area contributed by atoms with Crippen molar-refractivity contribution in [2.75, 3.05) is 0 Å². The Morgan fingerprint density at radius 3 is 1.55 bits per heavy atom. The summed E-state index contributed by atoms with van der Waals surface area (Å²) in [6, 6.07) is 72.7. The minimum Gasteiger partial charge on any atom is -0.135 e. The SMILES string of the molecule is c1ccc2cc3c(cc2c1)sc1c2cc(-c4ccc5sc6cc(-c7c8ccccc8c(-c8cccc9ccccc89)c8ccccc78)ccc6c5c4)ccc2ccc31. The number of thiophene rings is 2. The van der Waals surface area contributed by atoms with Crippen molar-refractivity contribution in [3.05, 3.63) is 194 Å². The van der Waals surface area contributed by atoms with Gasteiger partial charge in [0.05, 0.1) is 0 Å². The fraction of sp³-hybridized carbons (Fsp3) is 0. The van der Waals surface area contributed by atoms with Crippen molar-refractivity contribution in [1.29, 1.82) is 0 Å². The predicted octanol–water partition coefficient (Wildman–Crippen LogP) is 17.2. The molecular formula is C56H32S2. The minimum absolute atomic E-state index is 1.25. The first-order valence-corrected chi connectivity index (χ1v) is 21.5. The van der Waals surface area contributed by atoms with Gasteiger partial charge in [0.25, 0.3) is 0 Å². The van der Waals surface area contributed by atoms with Gasteiger partial charge in [0.15, 0.2) is 0 Å². The van der Waals surface area contributed by atoms with E-state index in [9.17, 15) is 0 Å². The van der Waals surface area contributed by atoms with Crippen LogP contribution in [0.3, 0.4) is 0 Å². The monoisotopic (exact) mass is 768 g/mol. The molecule has 0 fully saturated rings. The second kappa shape index (κ2) is 12.3. The van der Waals surface area contributed by atoms with Crippen LogP contribution in [-0.4, -0.2) is 0 Å². The number of benzene rings is 11. The lowest BCUT2D eigenvalue weighted by Gasteiger charge is -2.18. The molecule has 0 spiro atoms. The van der Waals surface area contributed by atoms with E-state index < -0.39 is 0 Å². The van der Waals surface area contributed by atoms with Gasteiger partial charge >= 0.3 is 0 Å². The van der Waals surface area contributed by atoms with Crippen LogP contribution in [0.4, 0.5) is 0 Å². The molecule has 11 aromatic carbocycles. The summed E-state index contributed by atoms with van der Waals surface area (Å²) in [5.41, 5.74) is 7.64. The highest BCUT2D eigenvalue weighted by atomic mass is 32.1. The van der Waals surface area contributed by atoms with Crippen molar-refractivity contribution in [3.8, 4) is 33.4 Å². The van der Waals surface area contributed by atoms with Crippen LogP contribution in [0.2, 0.25) is 0 Å². The van der Waals surface area contributed by atoms with Crippen molar-refractivity contribution in [2.24, 2.45) is 0 Å². The van der Waals surface area contributed by atoms with Crippen LogP contribution in [0, 0.1) is 0 Å². The summed E-state index contributed by atoms with van der Waals surface area (Å²) in [5.74, 6) is 0. The molecule has 0 amide bonds. The Labute approximate surface area is 342 Å². The van der Waals surface area contributed by atoms with E-state index >= 15 is 0 Å². The normalized spacial score (nSPS) is 12.1. The molecule has 0 nitrogen and oxygen atoms in total. The second-order valence-electron chi connectivity index (χ2n) is 15.6. The van der Waals surface area contributed by atoms with E-state index in [2.05, 4.69) is 194 Å². The third kappa shape index (κ3) is 4.74. The Kier molecular flexibility index (Phi) is 6.86. The van der Waals surface area contributed by atoms with E-state index in [-0.39, 0.29) is 0 Å². The Bertz CT molecular complexity index is 3800. The summed E-state index contributed by atoms with van der Waals surface area (Å²) in [6.45, 7) is 0. The fourth-order valence-corrected chi connectivity index (χ4v) is 12.1. The summed E-state index contributed by atoms with van der Waals surface area (Å²) in [7, 11) is 0. The Morgan fingerprint density at radius 2 is 0.776 bits per heavy atom. The summed E-state index contributed by atoms with van der Waals surface area (Å²) in [5, 5.41) is 18.2. The van der Waals surface area contributed by atoms with Gasteiger partial charge in [-0.2, -0.15) is 0 Å². The molecular weight excluding hydrogens is 737 g/mol. The molecule has 13 aromatic rings. The molecule has 2 heterocycles. The fourth-order valence-electron chi connectivity index (χ4n) is 9.70. The summed E-state index contributed by atoms with van der Waals surface area (Å²) in [6.07, 6.45) is 0. The first kappa shape index (κ1) is 32.3. The summed E-state index contributed by atoms with van der Waals surface area (Å²) >= 11 is 3.81. The van der Waals surface area contributed by atoms with Crippen LogP contribution in [-0.2, 0) is 0 Å². The number of hydrogen-bond donors (Lipinski definition) is 0. The lowest BCUT2D eigenvalue weighted by molar-refractivity contribution is 1.69. The molecule has 0 atom stereocenters. The minimum atomic E-state index is 1.25. The third-order valence-electron chi connectivity index (χ3n) is 12.4. The highest BCUT2D eigenvalue weighted by Crippen LogP contribution is 2.47. The molecule has 0 saturated carbocycles. The van der Waals surface area contributed by atoms with Crippen LogP contribution in [0.25, 0.3) is 128 Å². The Hall–Kier alpha value is -6.84. The van der Waals surface area contributed by atoms with E-state index in [4.69, 9.17) is 0 Å². The van der Waals surface area contributed by atoms with E-state index in [1.165, 1.54) is 128 Å². The molecule has 0 radical (unpaired) electrons. The van der Waals surface area contributed by atoms with E-state index in [1.807, 2.05) is 22.7 Å². The van der Waals surface area contributed by atoms with Crippen molar-refractivity contribution in [1.82, 2.24) is 0 Å². The first-order valence-electron chi connectivity index (χ1n) is 19.9. The van der Waals surface area contributed by atoms with E-state index in [0.717, 1.165) is 0 Å². The zero-order valence-electron chi connectivity index (χ0n) is 31.3. The largest absolute Gasteiger partial charge is 0.135 e. The van der Waals surface area contributed by atoms with E-state index in [1.54, 1.807) is 0 Å².